The Bertz CT molecular complexity index is 1070. The predicted molar refractivity (Wildman–Crippen MR) is 154 cm³/mol. The molecule has 3 N–H and O–H groups in total. The number of rotatable bonds is 14. The smallest absolute Gasteiger partial charge is 0.407 e. The Morgan fingerprint density at radius 2 is 1.76 bits per heavy atom. The van der Waals surface area contributed by atoms with Crippen LogP contribution >= 0.6 is 11.8 Å². The number of aliphatic carboxylic acids is 1. The van der Waals surface area contributed by atoms with Crippen molar-refractivity contribution in [1.82, 2.24) is 15.5 Å². The number of hydrogen-bond donors (Lipinski definition) is 3. The molecule has 0 aromatic heterocycles. The summed E-state index contributed by atoms with van der Waals surface area (Å²) in [7, 11) is 0. The molecule has 2 amide bonds. The zero-order valence-corrected chi connectivity index (χ0v) is 24.3. The normalized spacial score (nSPS) is 14.1. The fourth-order valence-electron chi connectivity index (χ4n) is 4.18. The third kappa shape index (κ3) is 10.5. The summed E-state index contributed by atoms with van der Waals surface area (Å²) in [6, 6.07) is 12.9. The lowest BCUT2D eigenvalue weighted by atomic mass is 9.98. The number of thioether (sulfide) groups is 1. The molecule has 210 valence electrons. The molecule has 0 heterocycles. The zero-order valence-electron chi connectivity index (χ0n) is 23.5. The summed E-state index contributed by atoms with van der Waals surface area (Å²) in [4.78, 5) is 39.4. The molecule has 0 radical (unpaired) electrons. The fourth-order valence-corrected chi connectivity index (χ4v) is 4.65. The number of nitrogens with one attached hydrogen (secondary N) is 2. The summed E-state index contributed by atoms with van der Waals surface area (Å²) >= 11 is 1.54. The van der Waals surface area contributed by atoms with E-state index in [0.29, 0.717) is 25.3 Å². The lowest BCUT2D eigenvalue weighted by Crippen LogP contribution is -2.51. The van der Waals surface area contributed by atoms with Gasteiger partial charge in [0, 0.05) is 19.1 Å². The van der Waals surface area contributed by atoms with Crippen LogP contribution in [0.25, 0.3) is 10.8 Å². The second kappa shape index (κ2) is 15.0. The van der Waals surface area contributed by atoms with Crippen LogP contribution in [-0.4, -0.2) is 70.8 Å². The summed E-state index contributed by atoms with van der Waals surface area (Å²) in [6.45, 7) is 10.4. The lowest BCUT2D eigenvalue weighted by molar-refractivity contribution is -0.142. The van der Waals surface area contributed by atoms with Gasteiger partial charge in [-0.25, -0.2) is 9.59 Å². The molecule has 38 heavy (non-hydrogen) atoms. The van der Waals surface area contributed by atoms with Crippen LogP contribution in [0, 0.1) is 5.92 Å². The second-order valence-electron chi connectivity index (χ2n) is 10.7. The molecular formula is C29H43N3O5S. The first kappa shape index (κ1) is 31.4. The van der Waals surface area contributed by atoms with Crippen molar-refractivity contribution in [2.24, 2.45) is 5.92 Å². The monoisotopic (exact) mass is 545 g/mol. The summed E-state index contributed by atoms with van der Waals surface area (Å²) in [5.74, 6) is -0.655. The SMILES string of the molecule is CCC(C)[C@@H](CN(CC(=O)N[C@@H](CCSC)C(=O)O)Cc1cccc2ccccc12)NC(=O)OC(C)(C)C. The number of carboxylic acid groups (broad SMARTS) is 1. The Balaban J connectivity index is 2.31. The molecule has 0 bridgehead atoms. The van der Waals surface area contributed by atoms with E-state index in [0.717, 1.165) is 22.8 Å². The molecule has 9 heteroatoms. The Morgan fingerprint density at radius 1 is 1.08 bits per heavy atom. The number of carboxylic acids is 1. The van der Waals surface area contributed by atoms with Gasteiger partial charge in [-0.3, -0.25) is 9.69 Å². The van der Waals surface area contributed by atoms with Crippen molar-refractivity contribution < 1.29 is 24.2 Å². The van der Waals surface area contributed by atoms with Crippen LogP contribution in [0.3, 0.4) is 0 Å². The van der Waals surface area contributed by atoms with Crippen molar-refractivity contribution in [3.8, 4) is 0 Å². The van der Waals surface area contributed by atoms with Crippen LogP contribution < -0.4 is 10.6 Å². The van der Waals surface area contributed by atoms with Crippen molar-refractivity contribution in [2.75, 3.05) is 25.1 Å². The second-order valence-corrected chi connectivity index (χ2v) is 11.7. The van der Waals surface area contributed by atoms with E-state index in [4.69, 9.17) is 4.74 Å². The van der Waals surface area contributed by atoms with Gasteiger partial charge in [0.15, 0.2) is 0 Å². The Labute approximate surface area is 230 Å². The first-order valence-corrected chi connectivity index (χ1v) is 14.5. The molecule has 8 nitrogen and oxygen atoms in total. The molecule has 2 aromatic carbocycles. The Kier molecular flexibility index (Phi) is 12.4. The van der Waals surface area contributed by atoms with Crippen LogP contribution in [0.2, 0.25) is 0 Å². The summed E-state index contributed by atoms with van der Waals surface area (Å²) in [5, 5.41) is 17.5. The number of fused-ring (bicyclic) bond motifs is 1. The molecule has 0 saturated heterocycles. The van der Waals surface area contributed by atoms with Crippen LogP contribution in [0.4, 0.5) is 4.79 Å². The molecule has 0 aliphatic rings. The number of hydrogen-bond acceptors (Lipinski definition) is 6. The number of nitrogens with zero attached hydrogens (tertiary/aromatic N) is 1. The highest BCUT2D eigenvalue weighted by Gasteiger charge is 2.27. The van der Waals surface area contributed by atoms with Crippen molar-refractivity contribution in [3.63, 3.8) is 0 Å². The van der Waals surface area contributed by atoms with Gasteiger partial charge in [-0.1, -0.05) is 62.7 Å². The highest BCUT2D eigenvalue weighted by atomic mass is 32.2. The maximum absolute atomic E-state index is 13.1. The summed E-state index contributed by atoms with van der Waals surface area (Å²) in [6.07, 6.45) is 2.57. The van der Waals surface area contributed by atoms with Crippen LogP contribution in [0.5, 0.6) is 0 Å². The average Bonchev–Trinajstić information content (AvgIpc) is 2.84. The lowest BCUT2D eigenvalue weighted by Gasteiger charge is -2.32. The molecule has 2 rings (SSSR count). The zero-order chi connectivity index (χ0) is 28.3. The minimum Gasteiger partial charge on any atom is -0.480 e. The van der Waals surface area contributed by atoms with Gasteiger partial charge in [-0.05, 0) is 61.5 Å². The van der Waals surface area contributed by atoms with Gasteiger partial charge in [-0.2, -0.15) is 11.8 Å². The fraction of sp³-hybridized carbons (Fsp3) is 0.552. The van der Waals surface area contributed by atoms with E-state index in [2.05, 4.69) is 30.5 Å². The van der Waals surface area contributed by atoms with Gasteiger partial charge in [0.2, 0.25) is 5.91 Å². The number of ether oxygens (including phenoxy) is 1. The first-order chi connectivity index (χ1) is 17.9. The van der Waals surface area contributed by atoms with E-state index >= 15 is 0 Å². The molecule has 0 aliphatic heterocycles. The number of carbonyl (C=O) groups is 3. The first-order valence-electron chi connectivity index (χ1n) is 13.1. The predicted octanol–water partition coefficient (Wildman–Crippen LogP) is 4.90. The van der Waals surface area contributed by atoms with Crippen LogP contribution in [0.1, 0.15) is 53.0 Å². The van der Waals surface area contributed by atoms with E-state index in [9.17, 15) is 19.5 Å². The largest absolute Gasteiger partial charge is 0.480 e. The molecule has 0 fully saturated rings. The Hall–Kier alpha value is -2.78. The topological polar surface area (TPSA) is 108 Å². The van der Waals surface area contributed by atoms with Crippen molar-refractivity contribution in [3.05, 3.63) is 48.0 Å². The summed E-state index contributed by atoms with van der Waals surface area (Å²) in [5.41, 5.74) is 0.420. The number of benzene rings is 2. The van der Waals surface area contributed by atoms with E-state index < -0.39 is 23.7 Å². The maximum atomic E-state index is 13.1. The van der Waals surface area contributed by atoms with Crippen molar-refractivity contribution >= 4 is 40.5 Å². The summed E-state index contributed by atoms with van der Waals surface area (Å²) < 4.78 is 5.50. The van der Waals surface area contributed by atoms with Gasteiger partial charge in [0.05, 0.1) is 6.54 Å². The number of carbonyl (C=O) groups excluding carboxylic acids is 2. The van der Waals surface area contributed by atoms with E-state index in [1.165, 1.54) is 11.8 Å². The van der Waals surface area contributed by atoms with Gasteiger partial charge >= 0.3 is 12.1 Å². The maximum Gasteiger partial charge on any atom is 0.407 e. The molecule has 0 saturated carbocycles. The quantitative estimate of drug-likeness (QED) is 0.310. The van der Waals surface area contributed by atoms with E-state index in [1.54, 1.807) is 0 Å². The molecule has 3 atom stereocenters. The highest BCUT2D eigenvalue weighted by molar-refractivity contribution is 7.98. The third-order valence-electron chi connectivity index (χ3n) is 6.37. The van der Waals surface area contributed by atoms with E-state index in [-0.39, 0.29) is 24.4 Å². The number of amides is 2. The average molecular weight is 546 g/mol. The van der Waals surface area contributed by atoms with Gasteiger partial charge in [0.25, 0.3) is 0 Å². The van der Waals surface area contributed by atoms with Crippen LogP contribution in [-0.2, 0) is 20.9 Å². The highest BCUT2D eigenvalue weighted by Crippen LogP contribution is 2.21. The van der Waals surface area contributed by atoms with Gasteiger partial charge in [0.1, 0.15) is 11.6 Å². The van der Waals surface area contributed by atoms with Crippen LogP contribution in [0.15, 0.2) is 42.5 Å². The van der Waals surface area contributed by atoms with Crippen molar-refractivity contribution in [2.45, 2.75) is 71.7 Å². The van der Waals surface area contributed by atoms with Gasteiger partial charge in [-0.15, -0.1) is 0 Å². The Morgan fingerprint density at radius 3 is 2.39 bits per heavy atom. The third-order valence-corrected chi connectivity index (χ3v) is 7.02. The molecular weight excluding hydrogens is 502 g/mol. The minimum atomic E-state index is -1.04. The molecule has 1 unspecified atom stereocenters. The minimum absolute atomic E-state index is 0.00476. The molecule has 0 aliphatic carbocycles. The van der Waals surface area contributed by atoms with Gasteiger partial charge < -0.3 is 20.5 Å². The number of alkyl carbamates (subject to hydrolysis) is 1. The molecule has 0 spiro atoms. The standard InChI is InChI=1S/C29H43N3O5S/c1-7-20(2)25(31-28(36)37-29(3,4)5)18-32(19-26(33)30-24(27(34)35)15-16-38-6)17-22-13-10-12-21-11-8-9-14-23(21)22/h8-14,20,24-25H,7,15-19H2,1-6H3,(H,30,33)(H,31,36)(H,34,35)/t20?,24-,25+/m0/s1. The van der Waals surface area contributed by atoms with E-state index in [1.807, 2.05) is 68.3 Å². The molecule has 2 aromatic rings. The van der Waals surface area contributed by atoms with Crippen molar-refractivity contribution in [1.29, 1.82) is 0 Å².